The molecule has 0 spiro atoms. The minimum absolute atomic E-state index is 0.141. The molecule has 0 aliphatic carbocycles. The molecule has 184 valence electrons. The molecule has 1 amide bonds. The Morgan fingerprint density at radius 1 is 0.794 bits per heavy atom. The quantitative estimate of drug-likeness (QED) is 0.656. The SMILES string of the molecule is CN1CCC(c2ccc(-c3ccc(NC(=O)C4CCN(C5CCN(C)CC5)CC4)s3)cc2)CC1. The highest BCUT2D eigenvalue weighted by atomic mass is 32.1. The lowest BCUT2D eigenvalue weighted by molar-refractivity contribution is -0.121. The summed E-state index contributed by atoms with van der Waals surface area (Å²) in [7, 11) is 4.43. The average molecular weight is 481 g/mol. The summed E-state index contributed by atoms with van der Waals surface area (Å²) in [5.41, 5.74) is 2.71. The maximum Gasteiger partial charge on any atom is 0.228 e. The molecule has 0 atom stereocenters. The Balaban J connectivity index is 1.12. The molecule has 6 heteroatoms. The van der Waals surface area contributed by atoms with Crippen LogP contribution in [0.4, 0.5) is 5.00 Å². The highest BCUT2D eigenvalue weighted by Gasteiger charge is 2.30. The topological polar surface area (TPSA) is 38.8 Å². The van der Waals surface area contributed by atoms with Gasteiger partial charge in [-0.25, -0.2) is 0 Å². The molecule has 5 nitrogen and oxygen atoms in total. The highest BCUT2D eigenvalue weighted by Crippen LogP contribution is 2.34. The van der Waals surface area contributed by atoms with Crippen LogP contribution in [0.2, 0.25) is 0 Å². The standard InChI is InChI=1S/C28H40N4OS/c1-30-15-9-22(10-16-30)21-3-5-23(6-4-21)26-7-8-27(34-26)29-28(33)24-11-19-32(20-12-24)25-13-17-31(2)18-14-25/h3-8,22,24-25H,9-20H2,1-2H3,(H,29,33). The monoisotopic (exact) mass is 480 g/mol. The van der Waals surface area contributed by atoms with Crippen molar-refractivity contribution < 1.29 is 4.79 Å². The van der Waals surface area contributed by atoms with Gasteiger partial charge in [-0.05, 0) is 121 Å². The first-order valence-corrected chi connectivity index (χ1v) is 14.0. The lowest BCUT2D eigenvalue weighted by atomic mass is 9.89. The Labute approximate surface area is 209 Å². The minimum Gasteiger partial charge on any atom is -0.317 e. The predicted molar refractivity (Wildman–Crippen MR) is 143 cm³/mol. The van der Waals surface area contributed by atoms with Gasteiger partial charge in [-0.2, -0.15) is 0 Å². The first-order valence-electron chi connectivity index (χ1n) is 13.2. The molecule has 0 radical (unpaired) electrons. The zero-order chi connectivity index (χ0) is 23.5. The van der Waals surface area contributed by atoms with Crippen LogP contribution in [-0.2, 0) is 4.79 Å². The Bertz CT molecular complexity index is 934. The van der Waals surface area contributed by atoms with E-state index in [9.17, 15) is 4.79 Å². The van der Waals surface area contributed by atoms with Crippen molar-refractivity contribution in [1.82, 2.24) is 14.7 Å². The lowest BCUT2D eigenvalue weighted by Gasteiger charge is -2.40. The molecule has 1 N–H and O–H groups in total. The Morgan fingerprint density at radius 2 is 1.41 bits per heavy atom. The van der Waals surface area contributed by atoms with Crippen LogP contribution >= 0.6 is 11.3 Å². The van der Waals surface area contributed by atoms with Crippen LogP contribution in [0.25, 0.3) is 10.4 Å². The second kappa shape index (κ2) is 10.9. The van der Waals surface area contributed by atoms with Gasteiger partial charge in [0.15, 0.2) is 0 Å². The molecule has 34 heavy (non-hydrogen) atoms. The smallest absolute Gasteiger partial charge is 0.228 e. The van der Waals surface area contributed by atoms with Gasteiger partial charge in [0.05, 0.1) is 5.00 Å². The number of amides is 1. The number of nitrogens with zero attached hydrogens (tertiary/aromatic N) is 3. The van der Waals surface area contributed by atoms with Crippen LogP contribution in [0.5, 0.6) is 0 Å². The molecule has 4 heterocycles. The molecule has 3 fully saturated rings. The van der Waals surface area contributed by atoms with Gasteiger partial charge in [0.25, 0.3) is 0 Å². The summed E-state index contributed by atoms with van der Waals surface area (Å²) < 4.78 is 0. The number of nitrogens with one attached hydrogen (secondary N) is 1. The number of anilines is 1. The molecule has 3 aliphatic rings. The average Bonchev–Trinajstić information content (AvgIpc) is 3.34. The van der Waals surface area contributed by atoms with Gasteiger partial charge in [0.1, 0.15) is 0 Å². The number of benzene rings is 1. The molecular weight excluding hydrogens is 440 g/mol. The van der Waals surface area contributed by atoms with E-state index in [1.54, 1.807) is 11.3 Å². The van der Waals surface area contributed by atoms with Crippen molar-refractivity contribution in [2.45, 2.75) is 50.5 Å². The van der Waals surface area contributed by atoms with Crippen molar-refractivity contribution in [1.29, 1.82) is 0 Å². The zero-order valence-corrected chi connectivity index (χ0v) is 21.7. The number of carbonyl (C=O) groups excluding carboxylic acids is 1. The molecule has 3 saturated heterocycles. The fraction of sp³-hybridized carbons (Fsp3) is 0.607. The fourth-order valence-electron chi connectivity index (χ4n) is 5.93. The van der Waals surface area contributed by atoms with Gasteiger partial charge < -0.3 is 20.0 Å². The molecule has 3 aliphatic heterocycles. The van der Waals surface area contributed by atoms with E-state index in [2.05, 4.69) is 70.5 Å². The molecule has 1 aromatic heterocycles. The largest absolute Gasteiger partial charge is 0.317 e. The number of hydrogen-bond donors (Lipinski definition) is 1. The number of thiophene rings is 1. The summed E-state index contributed by atoms with van der Waals surface area (Å²) in [4.78, 5) is 21.7. The molecule has 0 saturated carbocycles. The number of piperidine rings is 3. The number of hydrogen-bond acceptors (Lipinski definition) is 5. The second-order valence-electron chi connectivity index (χ2n) is 10.7. The summed E-state index contributed by atoms with van der Waals surface area (Å²) in [6.07, 6.45) is 7.00. The third kappa shape index (κ3) is 5.73. The predicted octanol–water partition coefficient (Wildman–Crippen LogP) is 4.97. The van der Waals surface area contributed by atoms with E-state index in [0.29, 0.717) is 12.0 Å². The first kappa shape index (κ1) is 24.0. The van der Waals surface area contributed by atoms with E-state index in [0.717, 1.165) is 30.9 Å². The molecule has 0 bridgehead atoms. The van der Waals surface area contributed by atoms with E-state index in [1.165, 1.54) is 67.9 Å². The van der Waals surface area contributed by atoms with Gasteiger partial charge in [0, 0.05) is 16.8 Å². The molecule has 2 aromatic rings. The van der Waals surface area contributed by atoms with Gasteiger partial charge in [-0.3, -0.25) is 4.79 Å². The van der Waals surface area contributed by atoms with Crippen molar-refractivity contribution >= 4 is 22.2 Å². The summed E-state index contributed by atoms with van der Waals surface area (Å²) in [5, 5.41) is 4.19. The zero-order valence-electron chi connectivity index (χ0n) is 20.8. The highest BCUT2D eigenvalue weighted by molar-refractivity contribution is 7.19. The maximum atomic E-state index is 12.9. The van der Waals surface area contributed by atoms with E-state index >= 15 is 0 Å². The number of rotatable bonds is 5. The number of carbonyl (C=O) groups is 1. The minimum atomic E-state index is 0.141. The van der Waals surface area contributed by atoms with Crippen molar-refractivity contribution in [2.75, 3.05) is 58.7 Å². The Morgan fingerprint density at radius 3 is 2.06 bits per heavy atom. The van der Waals surface area contributed by atoms with E-state index in [-0.39, 0.29) is 11.8 Å². The Hall–Kier alpha value is -1.73. The summed E-state index contributed by atoms with van der Waals surface area (Å²) in [6.45, 7) is 6.91. The lowest BCUT2D eigenvalue weighted by Crippen LogP contribution is -2.48. The van der Waals surface area contributed by atoms with Crippen LogP contribution in [0.15, 0.2) is 36.4 Å². The fourth-order valence-corrected chi connectivity index (χ4v) is 6.85. The van der Waals surface area contributed by atoms with Crippen molar-refractivity contribution in [3.63, 3.8) is 0 Å². The normalized spacial score (nSPS) is 22.8. The van der Waals surface area contributed by atoms with E-state index < -0.39 is 0 Å². The summed E-state index contributed by atoms with van der Waals surface area (Å²) in [6, 6.07) is 14.0. The second-order valence-corrected chi connectivity index (χ2v) is 11.8. The maximum absolute atomic E-state index is 12.9. The molecule has 1 aromatic carbocycles. The van der Waals surface area contributed by atoms with Gasteiger partial charge in [-0.15, -0.1) is 11.3 Å². The molecular formula is C28H40N4OS. The molecule has 5 rings (SSSR count). The van der Waals surface area contributed by atoms with Crippen LogP contribution in [0.3, 0.4) is 0 Å². The Kier molecular flexibility index (Phi) is 7.69. The van der Waals surface area contributed by atoms with Crippen molar-refractivity contribution in [2.24, 2.45) is 5.92 Å². The van der Waals surface area contributed by atoms with Crippen LogP contribution in [0, 0.1) is 5.92 Å². The van der Waals surface area contributed by atoms with Gasteiger partial charge in [-0.1, -0.05) is 24.3 Å². The first-order chi connectivity index (χ1) is 16.5. The van der Waals surface area contributed by atoms with Crippen molar-refractivity contribution in [3.8, 4) is 10.4 Å². The van der Waals surface area contributed by atoms with E-state index in [4.69, 9.17) is 0 Å². The van der Waals surface area contributed by atoms with Gasteiger partial charge in [0.2, 0.25) is 5.91 Å². The van der Waals surface area contributed by atoms with Gasteiger partial charge >= 0.3 is 0 Å². The van der Waals surface area contributed by atoms with Crippen molar-refractivity contribution in [3.05, 3.63) is 42.0 Å². The van der Waals surface area contributed by atoms with Crippen LogP contribution in [-0.4, -0.2) is 80.0 Å². The third-order valence-electron chi connectivity index (χ3n) is 8.34. The van der Waals surface area contributed by atoms with Crippen LogP contribution in [0.1, 0.15) is 50.0 Å². The summed E-state index contributed by atoms with van der Waals surface area (Å²) in [5.74, 6) is 1.03. The van der Waals surface area contributed by atoms with E-state index in [1.807, 2.05) is 0 Å². The molecule has 0 unspecified atom stereocenters. The number of likely N-dealkylation sites (tertiary alicyclic amines) is 3. The summed E-state index contributed by atoms with van der Waals surface area (Å²) >= 11 is 1.69. The third-order valence-corrected chi connectivity index (χ3v) is 9.39. The van der Waals surface area contributed by atoms with Crippen LogP contribution < -0.4 is 5.32 Å².